The van der Waals surface area contributed by atoms with Crippen molar-refractivity contribution in [3.63, 3.8) is 0 Å². The number of hydrogen-bond donors (Lipinski definition) is 1. The van der Waals surface area contributed by atoms with Gasteiger partial charge in [0.2, 0.25) is 0 Å². The minimum atomic E-state index is 0.384. The van der Waals surface area contributed by atoms with E-state index in [9.17, 15) is 0 Å². The van der Waals surface area contributed by atoms with E-state index in [2.05, 4.69) is 17.9 Å². The summed E-state index contributed by atoms with van der Waals surface area (Å²) >= 11 is 0. The molecule has 2 rings (SSSR count). The minimum absolute atomic E-state index is 0.384. The molecule has 0 spiro atoms. The van der Waals surface area contributed by atoms with Gasteiger partial charge in [0.25, 0.3) is 0 Å². The molecule has 0 unspecified atom stereocenters. The van der Waals surface area contributed by atoms with Crippen molar-refractivity contribution in [1.29, 1.82) is 0 Å². The van der Waals surface area contributed by atoms with Crippen LogP contribution in [0, 0.1) is 5.92 Å². The molecule has 1 aliphatic rings. The first-order valence-corrected chi connectivity index (χ1v) is 5.78. The molecule has 0 radical (unpaired) electrons. The van der Waals surface area contributed by atoms with E-state index in [0.717, 1.165) is 18.8 Å². The molecule has 0 bridgehead atoms. The fraction of sp³-hybridized carbons (Fsp3) is 0.667. The smallest absolute Gasteiger partial charge is 0.120 e. The summed E-state index contributed by atoms with van der Waals surface area (Å²) in [5, 5.41) is 0. The molecule has 84 valence electrons. The van der Waals surface area contributed by atoms with Gasteiger partial charge in [-0.3, -0.25) is 4.90 Å². The molecule has 3 nitrogen and oxygen atoms in total. The summed E-state index contributed by atoms with van der Waals surface area (Å²) in [5.41, 5.74) is 5.73. The third-order valence-corrected chi connectivity index (χ3v) is 3.39. The van der Waals surface area contributed by atoms with Crippen LogP contribution in [0.25, 0.3) is 0 Å². The van der Waals surface area contributed by atoms with Gasteiger partial charge in [-0.05, 0) is 50.9 Å². The van der Waals surface area contributed by atoms with E-state index in [4.69, 9.17) is 10.2 Å². The quantitative estimate of drug-likeness (QED) is 0.826. The minimum Gasteiger partial charge on any atom is -0.468 e. The third kappa shape index (κ3) is 2.41. The van der Waals surface area contributed by atoms with Crippen LogP contribution in [0.15, 0.2) is 22.8 Å². The van der Waals surface area contributed by atoms with E-state index in [1.165, 1.54) is 19.4 Å². The Morgan fingerprint density at radius 2 is 2.53 bits per heavy atom. The molecule has 2 heterocycles. The van der Waals surface area contributed by atoms with Crippen molar-refractivity contribution in [3.8, 4) is 0 Å². The fourth-order valence-electron chi connectivity index (χ4n) is 2.35. The van der Waals surface area contributed by atoms with Gasteiger partial charge in [0.05, 0.1) is 12.3 Å². The van der Waals surface area contributed by atoms with Crippen LogP contribution in [0.4, 0.5) is 0 Å². The lowest BCUT2D eigenvalue weighted by Gasteiger charge is -2.35. The van der Waals surface area contributed by atoms with Gasteiger partial charge in [-0.2, -0.15) is 0 Å². The van der Waals surface area contributed by atoms with E-state index in [-0.39, 0.29) is 0 Å². The summed E-state index contributed by atoms with van der Waals surface area (Å²) in [6.45, 7) is 5.29. The Hall–Kier alpha value is -0.800. The first-order valence-electron chi connectivity index (χ1n) is 5.78. The standard InChI is InChI=1S/C12H20N2O/c1-10(12-5-3-7-15-12)14-6-2-4-11(8-13)9-14/h3,5,7,10-11H,2,4,6,8-9,13H2,1H3/t10-,11-/m0/s1. The highest BCUT2D eigenvalue weighted by Gasteiger charge is 2.24. The van der Waals surface area contributed by atoms with Crippen LogP contribution in [0.1, 0.15) is 31.6 Å². The van der Waals surface area contributed by atoms with E-state index >= 15 is 0 Å². The van der Waals surface area contributed by atoms with Crippen molar-refractivity contribution >= 4 is 0 Å². The average molecular weight is 208 g/mol. The lowest BCUT2D eigenvalue weighted by molar-refractivity contribution is 0.121. The van der Waals surface area contributed by atoms with Crippen LogP contribution in [0.2, 0.25) is 0 Å². The van der Waals surface area contributed by atoms with Gasteiger partial charge in [0.1, 0.15) is 5.76 Å². The van der Waals surface area contributed by atoms with Crippen molar-refractivity contribution in [2.75, 3.05) is 19.6 Å². The SMILES string of the molecule is C[C@@H](c1ccco1)N1CCC[C@@H](CN)C1. The number of piperidine rings is 1. The second-order valence-electron chi connectivity index (χ2n) is 4.43. The van der Waals surface area contributed by atoms with Crippen LogP contribution in [0.5, 0.6) is 0 Å². The largest absolute Gasteiger partial charge is 0.468 e. The molecule has 1 aliphatic heterocycles. The van der Waals surface area contributed by atoms with Crippen LogP contribution < -0.4 is 5.73 Å². The lowest BCUT2D eigenvalue weighted by atomic mass is 9.97. The summed E-state index contributed by atoms with van der Waals surface area (Å²) in [7, 11) is 0. The van der Waals surface area contributed by atoms with Gasteiger partial charge in [0, 0.05) is 6.54 Å². The Kier molecular flexibility index (Phi) is 3.44. The molecule has 0 amide bonds. The Labute approximate surface area is 91.2 Å². The summed E-state index contributed by atoms with van der Waals surface area (Å²) in [4.78, 5) is 2.47. The van der Waals surface area contributed by atoms with E-state index in [1.54, 1.807) is 6.26 Å². The maximum absolute atomic E-state index is 5.73. The first-order chi connectivity index (χ1) is 7.31. The number of rotatable bonds is 3. The van der Waals surface area contributed by atoms with E-state index in [1.807, 2.05) is 6.07 Å². The Balaban J connectivity index is 1.98. The highest BCUT2D eigenvalue weighted by Crippen LogP contribution is 2.26. The van der Waals surface area contributed by atoms with Gasteiger partial charge in [-0.15, -0.1) is 0 Å². The van der Waals surface area contributed by atoms with Crippen LogP contribution in [-0.4, -0.2) is 24.5 Å². The summed E-state index contributed by atoms with van der Waals surface area (Å²) in [6.07, 6.45) is 4.28. The molecule has 1 aromatic heterocycles. The molecule has 2 N–H and O–H groups in total. The van der Waals surface area contributed by atoms with Gasteiger partial charge in [0.15, 0.2) is 0 Å². The van der Waals surface area contributed by atoms with Crippen molar-refractivity contribution in [1.82, 2.24) is 4.90 Å². The number of nitrogens with zero attached hydrogens (tertiary/aromatic N) is 1. The summed E-state index contributed by atoms with van der Waals surface area (Å²) in [6, 6.07) is 4.39. The molecule has 3 heteroatoms. The molecule has 1 saturated heterocycles. The summed E-state index contributed by atoms with van der Waals surface area (Å²) in [5.74, 6) is 1.73. The second kappa shape index (κ2) is 4.81. The van der Waals surface area contributed by atoms with E-state index in [0.29, 0.717) is 12.0 Å². The summed E-state index contributed by atoms with van der Waals surface area (Å²) < 4.78 is 5.44. The molecule has 1 aromatic rings. The Bertz CT molecular complexity index is 284. The van der Waals surface area contributed by atoms with Crippen LogP contribution >= 0.6 is 0 Å². The number of likely N-dealkylation sites (tertiary alicyclic amines) is 1. The molecule has 1 fully saturated rings. The number of hydrogen-bond acceptors (Lipinski definition) is 3. The monoisotopic (exact) mass is 208 g/mol. The van der Waals surface area contributed by atoms with Crippen LogP contribution in [0.3, 0.4) is 0 Å². The Morgan fingerprint density at radius 1 is 1.67 bits per heavy atom. The van der Waals surface area contributed by atoms with Gasteiger partial charge in [-0.1, -0.05) is 0 Å². The highest BCUT2D eigenvalue weighted by atomic mass is 16.3. The molecular formula is C12H20N2O. The molecular weight excluding hydrogens is 188 g/mol. The predicted octanol–water partition coefficient (Wildman–Crippen LogP) is 2.01. The molecule has 0 aromatic carbocycles. The number of furan rings is 1. The molecule has 0 aliphatic carbocycles. The van der Waals surface area contributed by atoms with Gasteiger partial charge in [-0.25, -0.2) is 0 Å². The first kappa shape index (κ1) is 10.7. The predicted molar refractivity (Wildman–Crippen MR) is 60.5 cm³/mol. The normalized spacial score (nSPS) is 25.3. The molecule has 2 atom stereocenters. The maximum atomic E-state index is 5.73. The maximum Gasteiger partial charge on any atom is 0.120 e. The van der Waals surface area contributed by atoms with Crippen molar-refractivity contribution < 1.29 is 4.42 Å². The average Bonchev–Trinajstić information content (AvgIpc) is 2.81. The zero-order chi connectivity index (χ0) is 10.7. The van der Waals surface area contributed by atoms with Gasteiger partial charge < -0.3 is 10.2 Å². The lowest BCUT2D eigenvalue weighted by Crippen LogP contribution is -2.39. The van der Waals surface area contributed by atoms with E-state index < -0.39 is 0 Å². The molecule has 15 heavy (non-hydrogen) atoms. The fourth-order valence-corrected chi connectivity index (χ4v) is 2.35. The Morgan fingerprint density at radius 3 is 3.20 bits per heavy atom. The van der Waals surface area contributed by atoms with Crippen molar-refractivity contribution in [2.24, 2.45) is 11.7 Å². The highest BCUT2D eigenvalue weighted by molar-refractivity contribution is 5.04. The van der Waals surface area contributed by atoms with Gasteiger partial charge >= 0.3 is 0 Å². The zero-order valence-corrected chi connectivity index (χ0v) is 9.36. The van der Waals surface area contributed by atoms with Crippen LogP contribution in [-0.2, 0) is 0 Å². The van der Waals surface area contributed by atoms with Crippen molar-refractivity contribution in [3.05, 3.63) is 24.2 Å². The second-order valence-corrected chi connectivity index (χ2v) is 4.43. The number of nitrogens with two attached hydrogens (primary N) is 1. The molecule has 0 saturated carbocycles. The third-order valence-electron chi connectivity index (χ3n) is 3.39. The zero-order valence-electron chi connectivity index (χ0n) is 9.36. The topological polar surface area (TPSA) is 42.4 Å². The van der Waals surface area contributed by atoms with Crippen molar-refractivity contribution in [2.45, 2.75) is 25.8 Å².